The molecule has 1 aromatic carbocycles. The summed E-state index contributed by atoms with van der Waals surface area (Å²) in [7, 11) is 0. The molecule has 2 aromatic rings. The number of hydrazine groups is 1. The zero-order chi connectivity index (χ0) is 19.2. The summed E-state index contributed by atoms with van der Waals surface area (Å²) >= 11 is 4.62. The van der Waals surface area contributed by atoms with Gasteiger partial charge in [-0.05, 0) is 31.2 Å². The van der Waals surface area contributed by atoms with E-state index >= 15 is 0 Å². The van der Waals surface area contributed by atoms with Gasteiger partial charge in [0.05, 0.1) is 18.9 Å². The summed E-state index contributed by atoms with van der Waals surface area (Å²) in [6.07, 6.45) is 0. The van der Waals surface area contributed by atoms with Gasteiger partial charge in [-0.25, -0.2) is 4.98 Å². The van der Waals surface area contributed by atoms with E-state index < -0.39 is 11.8 Å². The Bertz CT molecular complexity index is 806. The van der Waals surface area contributed by atoms with Gasteiger partial charge < -0.3 is 14.4 Å². The van der Waals surface area contributed by atoms with Crippen molar-refractivity contribution in [3.63, 3.8) is 0 Å². The van der Waals surface area contributed by atoms with Crippen LogP contribution in [-0.4, -0.2) is 49.7 Å². The third kappa shape index (κ3) is 5.41. The highest BCUT2D eigenvalue weighted by atomic mass is 79.9. The van der Waals surface area contributed by atoms with Crippen molar-refractivity contribution in [2.75, 3.05) is 37.8 Å². The van der Waals surface area contributed by atoms with Crippen LogP contribution in [0.1, 0.15) is 15.4 Å². The lowest BCUT2D eigenvalue weighted by molar-refractivity contribution is -0.123. The van der Waals surface area contributed by atoms with Crippen LogP contribution in [-0.2, 0) is 9.53 Å². The van der Waals surface area contributed by atoms with E-state index in [2.05, 4.69) is 36.7 Å². The van der Waals surface area contributed by atoms with Crippen LogP contribution in [0.2, 0.25) is 0 Å². The molecule has 1 saturated heterocycles. The number of benzene rings is 1. The number of nitrogens with one attached hydrogen (secondary N) is 2. The van der Waals surface area contributed by atoms with Crippen molar-refractivity contribution in [2.45, 2.75) is 6.92 Å². The molecule has 1 aromatic heterocycles. The molecular weight excluding hydrogens is 436 g/mol. The SMILES string of the molecule is Cc1nc(N2CCOCC2)sc1C(=O)NNC(=O)COc1ccc(Br)cc1. The van der Waals surface area contributed by atoms with E-state index in [4.69, 9.17) is 9.47 Å². The van der Waals surface area contributed by atoms with E-state index in [1.165, 1.54) is 11.3 Å². The fourth-order valence-corrected chi connectivity index (χ4v) is 3.66. The van der Waals surface area contributed by atoms with Crippen LogP contribution in [0.3, 0.4) is 0 Å². The standard InChI is InChI=1S/C17H19BrN4O4S/c1-11-15(27-17(19-11)22-6-8-25-9-7-22)16(24)21-20-14(23)10-26-13-4-2-12(18)3-5-13/h2-5H,6-10H2,1H3,(H,20,23)(H,21,24). The van der Waals surface area contributed by atoms with Crippen molar-refractivity contribution in [1.29, 1.82) is 0 Å². The van der Waals surface area contributed by atoms with Gasteiger partial charge in [0.15, 0.2) is 11.7 Å². The number of carbonyl (C=O) groups is 2. The molecule has 0 radical (unpaired) electrons. The highest BCUT2D eigenvalue weighted by molar-refractivity contribution is 9.10. The minimum atomic E-state index is -0.457. The Kier molecular flexibility index (Phi) is 6.64. The fourth-order valence-electron chi connectivity index (χ4n) is 2.38. The van der Waals surface area contributed by atoms with Gasteiger partial charge in [-0.15, -0.1) is 0 Å². The Labute approximate surface area is 169 Å². The largest absolute Gasteiger partial charge is 0.484 e. The number of nitrogens with zero attached hydrogens (tertiary/aromatic N) is 2. The summed E-state index contributed by atoms with van der Waals surface area (Å²) in [6, 6.07) is 7.11. The molecule has 1 aliphatic rings. The van der Waals surface area contributed by atoms with Gasteiger partial charge in [-0.1, -0.05) is 27.3 Å². The maximum atomic E-state index is 12.3. The first-order chi connectivity index (χ1) is 13.0. The molecule has 0 unspecified atom stereocenters. The second kappa shape index (κ2) is 9.16. The van der Waals surface area contributed by atoms with Crippen LogP contribution in [0.5, 0.6) is 5.75 Å². The number of hydrogen-bond acceptors (Lipinski definition) is 7. The number of aromatic nitrogens is 1. The molecule has 2 N–H and O–H groups in total. The molecule has 2 heterocycles. The maximum Gasteiger partial charge on any atom is 0.281 e. The first-order valence-electron chi connectivity index (χ1n) is 8.30. The van der Waals surface area contributed by atoms with Crippen LogP contribution >= 0.6 is 27.3 Å². The number of amides is 2. The van der Waals surface area contributed by atoms with Crippen LogP contribution in [0, 0.1) is 6.92 Å². The first kappa shape index (κ1) is 19.6. The fraction of sp³-hybridized carbons (Fsp3) is 0.353. The number of thiazole rings is 1. The number of carbonyl (C=O) groups excluding carboxylic acids is 2. The third-order valence-electron chi connectivity index (χ3n) is 3.77. The molecule has 1 aliphatic heterocycles. The summed E-state index contributed by atoms with van der Waals surface area (Å²) < 4.78 is 11.6. The molecule has 144 valence electrons. The van der Waals surface area contributed by atoms with Crippen LogP contribution in [0.25, 0.3) is 0 Å². The maximum absolute atomic E-state index is 12.3. The van der Waals surface area contributed by atoms with Gasteiger partial charge in [0.2, 0.25) is 0 Å². The van der Waals surface area contributed by atoms with Crippen LogP contribution in [0.4, 0.5) is 5.13 Å². The first-order valence-corrected chi connectivity index (χ1v) is 9.91. The van der Waals surface area contributed by atoms with Crippen molar-refractivity contribution in [2.24, 2.45) is 0 Å². The van der Waals surface area contributed by atoms with Crippen molar-refractivity contribution in [1.82, 2.24) is 15.8 Å². The van der Waals surface area contributed by atoms with Crippen molar-refractivity contribution in [3.05, 3.63) is 39.3 Å². The number of anilines is 1. The highest BCUT2D eigenvalue weighted by Gasteiger charge is 2.20. The Morgan fingerprint density at radius 1 is 1.26 bits per heavy atom. The normalized spacial score (nSPS) is 13.9. The lowest BCUT2D eigenvalue weighted by Gasteiger charge is -2.25. The van der Waals surface area contributed by atoms with Gasteiger partial charge >= 0.3 is 0 Å². The Morgan fingerprint density at radius 2 is 1.96 bits per heavy atom. The molecular formula is C17H19BrN4O4S. The van der Waals surface area contributed by atoms with Gasteiger partial charge in [-0.2, -0.15) is 0 Å². The van der Waals surface area contributed by atoms with Gasteiger partial charge in [0, 0.05) is 17.6 Å². The predicted molar refractivity (Wildman–Crippen MR) is 105 cm³/mol. The molecule has 0 spiro atoms. The van der Waals surface area contributed by atoms with E-state index in [1.54, 1.807) is 19.1 Å². The number of aryl methyl sites for hydroxylation is 1. The lowest BCUT2D eigenvalue weighted by atomic mass is 10.3. The van der Waals surface area contributed by atoms with Crippen LogP contribution in [0.15, 0.2) is 28.7 Å². The Balaban J connectivity index is 1.49. The molecule has 1 fully saturated rings. The van der Waals surface area contributed by atoms with Gasteiger partial charge in [0.25, 0.3) is 11.8 Å². The van der Waals surface area contributed by atoms with Crippen molar-refractivity contribution in [3.8, 4) is 5.75 Å². The second-order valence-electron chi connectivity index (χ2n) is 5.76. The number of hydrogen-bond donors (Lipinski definition) is 2. The van der Waals surface area contributed by atoms with E-state index in [-0.39, 0.29) is 6.61 Å². The number of ether oxygens (including phenoxy) is 2. The zero-order valence-corrected chi connectivity index (χ0v) is 17.1. The van der Waals surface area contributed by atoms with E-state index in [9.17, 15) is 9.59 Å². The summed E-state index contributed by atoms with van der Waals surface area (Å²) in [5.41, 5.74) is 5.38. The number of morpholine rings is 1. The Hall–Kier alpha value is -2.17. The molecule has 0 saturated carbocycles. The molecule has 3 rings (SSSR count). The summed E-state index contributed by atoms with van der Waals surface area (Å²) in [4.78, 5) is 31.2. The Morgan fingerprint density at radius 3 is 2.67 bits per heavy atom. The summed E-state index contributed by atoms with van der Waals surface area (Å²) in [5, 5.41) is 0.783. The van der Waals surface area contributed by atoms with E-state index in [0.29, 0.717) is 29.5 Å². The third-order valence-corrected chi connectivity index (χ3v) is 5.52. The van der Waals surface area contributed by atoms with Gasteiger partial charge in [-0.3, -0.25) is 20.4 Å². The second-order valence-corrected chi connectivity index (χ2v) is 7.65. The topological polar surface area (TPSA) is 92.8 Å². The average Bonchev–Trinajstić information content (AvgIpc) is 3.08. The summed E-state index contributed by atoms with van der Waals surface area (Å²) in [5.74, 6) is -0.295. The number of halogens is 1. The lowest BCUT2D eigenvalue weighted by Crippen LogP contribution is -2.43. The predicted octanol–water partition coefficient (Wildman–Crippen LogP) is 1.89. The monoisotopic (exact) mass is 454 g/mol. The molecule has 27 heavy (non-hydrogen) atoms. The molecule has 0 aliphatic carbocycles. The van der Waals surface area contributed by atoms with E-state index in [0.717, 1.165) is 22.7 Å². The molecule has 0 bridgehead atoms. The zero-order valence-electron chi connectivity index (χ0n) is 14.7. The quantitative estimate of drug-likeness (QED) is 0.670. The average molecular weight is 455 g/mol. The molecule has 10 heteroatoms. The minimum Gasteiger partial charge on any atom is -0.484 e. The summed E-state index contributed by atoms with van der Waals surface area (Å²) in [6.45, 7) is 4.36. The number of rotatable bonds is 5. The minimum absolute atomic E-state index is 0.206. The van der Waals surface area contributed by atoms with Gasteiger partial charge in [0.1, 0.15) is 10.6 Å². The van der Waals surface area contributed by atoms with E-state index in [1.807, 2.05) is 12.1 Å². The molecule has 2 amide bonds. The molecule has 0 atom stereocenters. The van der Waals surface area contributed by atoms with Crippen molar-refractivity contribution >= 4 is 44.2 Å². The van der Waals surface area contributed by atoms with Crippen molar-refractivity contribution < 1.29 is 19.1 Å². The smallest absolute Gasteiger partial charge is 0.281 e. The highest BCUT2D eigenvalue weighted by Crippen LogP contribution is 2.26. The molecule has 8 nitrogen and oxygen atoms in total. The van der Waals surface area contributed by atoms with Crippen LogP contribution < -0.4 is 20.5 Å².